The van der Waals surface area contributed by atoms with E-state index < -0.39 is 0 Å². The van der Waals surface area contributed by atoms with Gasteiger partial charge in [-0.2, -0.15) is 0 Å². The molecule has 130 valence electrons. The Morgan fingerprint density at radius 2 is 1.92 bits per heavy atom. The fraction of sp³-hybridized carbons (Fsp3) is 0.476. The largest absolute Gasteiger partial charge is 0.472 e. The van der Waals surface area contributed by atoms with E-state index in [1.54, 1.807) is 12.3 Å². The minimum Gasteiger partial charge on any atom is -0.472 e. The van der Waals surface area contributed by atoms with Crippen molar-refractivity contribution in [2.75, 3.05) is 6.61 Å². The number of hydrogen-bond donors (Lipinski definition) is 0. The van der Waals surface area contributed by atoms with Crippen molar-refractivity contribution in [3.63, 3.8) is 0 Å². The number of aryl methyl sites for hydroxylation is 1. The summed E-state index contributed by atoms with van der Waals surface area (Å²) in [7, 11) is 0. The molecule has 0 aliphatic carbocycles. The Hall–Kier alpha value is -2.03. The van der Waals surface area contributed by atoms with Crippen LogP contribution in [0.25, 0.3) is 0 Å². The molecule has 3 nitrogen and oxygen atoms in total. The number of cyclic esters (lactones) is 1. The van der Waals surface area contributed by atoms with Crippen molar-refractivity contribution < 1.29 is 13.9 Å². The lowest BCUT2D eigenvalue weighted by Crippen LogP contribution is -1.92. The van der Waals surface area contributed by atoms with Crippen LogP contribution in [0.1, 0.15) is 57.9 Å². The quantitative estimate of drug-likeness (QED) is 0.418. The predicted molar refractivity (Wildman–Crippen MR) is 96.7 cm³/mol. The topological polar surface area (TPSA) is 39.4 Å². The van der Waals surface area contributed by atoms with E-state index in [4.69, 9.17) is 9.15 Å². The highest BCUT2D eigenvalue weighted by Gasteiger charge is 2.11. The number of hydrogen-bond acceptors (Lipinski definition) is 3. The number of allylic oxidation sites excluding steroid dienone is 4. The average Bonchev–Trinajstić information content (AvgIpc) is 3.19. The maximum atomic E-state index is 11.0. The summed E-state index contributed by atoms with van der Waals surface area (Å²) in [6, 6.07) is 2.03. The van der Waals surface area contributed by atoms with Gasteiger partial charge in [-0.25, -0.2) is 4.79 Å². The normalized spacial score (nSPS) is 15.6. The third-order valence-corrected chi connectivity index (χ3v) is 4.33. The number of esters is 1. The van der Waals surface area contributed by atoms with Gasteiger partial charge in [-0.3, -0.25) is 0 Å². The molecular weight excluding hydrogens is 300 g/mol. The van der Waals surface area contributed by atoms with Gasteiger partial charge < -0.3 is 9.15 Å². The second-order valence-electron chi connectivity index (χ2n) is 6.57. The molecule has 0 saturated heterocycles. The van der Waals surface area contributed by atoms with Crippen molar-refractivity contribution >= 4 is 5.97 Å². The van der Waals surface area contributed by atoms with Crippen LogP contribution < -0.4 is 0 Å². The van der Waals surface area contributed by atoms with Gasteiger partial charge in [-0.1, -0.05) is 23.3 Å². The van der Waals surface area contributed by atoms with Crippen molar-refractivity contribution in [2.45, 2.75) is 58.8 Å². The molecule has 0 unspecified atom stereocenters. The van der Waals surface area contributed by atoms with Gasteiger partial charge in [-0.15, -0.1) is 0 Å². The number of ether oxygens (including phenoxy) is 1. The number of carbonyl (C=O) groups is 1. The molecule has 1 aliphatic rings. The van der Waals surface area contributed by atoms with E-state index >= 15 is 0 Å². The van der Waals surface area contributed by atoms with Gasteiger partial charge in [0.25, 0.3) is 0 Å². The van der Waals surface area contributed by atoms with E-state index in [2.05, 4.69) is 26.0 Å². The lowest BCUT2D eigenvalue weighted by molar-refractivity contribution is -0.134. The van der Waals surface area contributed by atoms with Crippen LogP contribution in [-0.2, 0) is 16.0 Å². The first-order chi connectivity index (χ1) is 11.6. The summed E-state index contributed by atoms with van der Waals surface area (Å²) in [6.45, 7) is 4.90. The first-order valence-corrected chi connectivity index (χ1v) is 8.82. The molecule has 1 aromatic rings. The second kappa shape index (κ2) is 9.96. The Bertz CT molecular complexity index is 603. The summed E-state index contributed by atoms with van der Waals surface area (Å²) in [5.41, 5.74) is 5.28. The third kappa shape index (κ3) is 7.03. The average molecular weight is 328 g/mol. The Balaban J connectivity index is 1.57. The highest BCUT2D eigenvalue weighted by molar-refractivity contribution is 5.85. The minimum atomic E-state index is -0.188. The SMILES string of the molecule is C/C(=C\CCc1ccoc1)CC/C=C(\C)CCCC1=CC(=O)OC1. The summed E-state index contributed by atoms with van der Waals surface area (Å²) in [4.78, 5) is 11.0. The smallest absolute Gasteiger partial charge is 0.331 e. The molecule has 3 heteroatoms. The zero-order valence-corrected chi connectivity index (χ0v) is 14.8. The molecule has 0 fully saturated rings. The van der Waals surface area contributed by atoms with E-state index in [1.807, 2.05) is 12.3 Å². The van der Waals surface area contributed by atoms with E-state index in [-0.39, 0.29) is 5.97 Å². The summed E-state index contributed by atoms with van der Waals surface area (Å²) < 4.78 is 9.99. The van der Waals surface area contributed by atoms with Crippen molar-refractivity contribution in [2.24, 2.45) is 0 Å². The van der Waals surface area contributed by atoms with Crippen molar-refractivity contribution in [1.82, 2.24) is 0 Å². The standard InChI is InChI=1S/C21H28O3/c1-17(8-4-10-19-12-13-23-15-19)6-3-7-18(2)9-5-11-20-14-21(22)24-16-20/h7-8,12-15H,3-6,9-11,16H2,1-2H3/b17-8+,18-7+. The maximum absolute atomic E-state index is 11.0. The van der Waals surface area contributed by atoms with Crippen LogP contribution in [-0.4, -0.2) is 12.6 Å². The molecule has 2 heterocycles. The molecule has 0 radical (unpaired) electrons. The molecule has 1 aromatic heterocycles. The summed E-state index contributed by atoms with van der Waals surface area (Å²) in [5.74, 6) is -0.188. The highest BCUT2D eigenvalue weighted by atomic mass is 16.5. The van der Waals surface area contributed by atoms with Crippen LogP contribution in [0.5, 0.6) is 0 Å². The molecule has 0 saturated carbocycles. The Morgan fingerprint density at radius 1 is 1.12 bits per heavy atom. The summed E-state index contributed by atoms with van der Waals surface area (Å²) in [6.07, 6.45) is 17.3. The van der Waals surface area contributed by atoms with Crippen LogP contribution in [0.2, 0.25) is 0 Å². The fourth-order valence-electron chi connectivity index (χ4n) is 2.82. The maximum Gasteiger partial charge on any atom is 0.331 e. The van der Waals surface area contributed by atoms with Gasteiger partial charge in [0.15, 0.2) is 0 Å². The van der Waals surface area contributed by atoms with Crippen LogP contribution in [0.4, 0.5) is 0 Å². The predicted octanol–water partition coefficient (Wildman–Crippen LogP) is 5.54. The van der Waals surface area contributed by atoms with E-state index in [1.165, 1.54) is 16.7 Å². The number of furan rings is 1. The van der Waals surface area contributed by atoms with Gasteiger partial charge in [-0.05, 0) is 76.0 Å². The molecule has 0 spiro atoms. The second-order valence-corrected chi connectivity index (χ2v) is 6.57. The fourth-order valence-corrected chi connectivity index (χ4v) is 2.82. The van der Waals surface area contributed by atoms with Gasteiger partial charge >= 0.3 is 5.97 Å². The lowest BCUT2D eigenvalue weighted by Gasteiger charge is -2.03. The molecule has 2 rings (SSSR count). The summed E-state index contributed by atoms with van der Waals surface area (Å²) in [5, 5.41) is 0. The number of rotatable bonds is 10. The monoisotopic (exact) mass is 328 g/mol. The third-order valence-electron chi connectivity index (χ3n) is 4.33. The van der Waals surface area contributed by atoms with Gasteiger partial charge in [0, 0.05) is 6.08 Å². The Labute approximate surface area is 145 Å². The number of carbonyl (C=O) groups excluding carboxylic acids is 1. The molecule has 0 amide bonds. The van der Waals surface area contributed by atoms with Gasteiger partial charge in [0.2, 0.25) is 0 Å². The van der Waals surface area contributed by atoms with Crippen LogP contribution in [0.15, 0.2) is 58.0 Å². The molecule has 0 bridgehead atoms. The van der Waals surface area contributed by atoms with E-state index in [9.17, 15) is 4.79 Å². The first kappa shape index (κ1) is 18.3. The molecular formula is C21H28O3. The zero-order chi connectivity index (χ0) is 17.2. The van der Waals surface area contributed by atoms with Gasteiger partial charge in [0.05, 0.1) is 12.5 Å². The van der Waals surface area contributed by atoms with E-state index in [0.29, 0.717) is 6.61 Å². The molecule has 0 N–H and O–H groups in total. The highest BCUT2D eigenvalue weighted by Crippen LogP contribution is 2.17. The van der Waals surface area contributed by atoms with E-state index in [0.717, 1.165) is 50.5 Å². The van der Waals surface area contributed by atoms with Crippen molar-refractivity contribution in [3.05, 3.63) is 59.1 Å². The van der Waals surface area contributed by atoms with Crippen LogP contribution >= 0.6 is 0 Å². The van der Waals surface area contributed by atoms with Crippen LogP contribution in [0.3, 0.4) is 0 Å². The molecule has 0 aromatic carbocycles. The first-order valence-electron chi connectivity index (χ1n) is 8.82. The van der Waals surface area contributed by atoms with Crippen molar-refractivity contribution in [3.8, 4) is 0 Å². The molecule has 1 aliphatic heterocycles. The lowest BCUT2D eigenvalue weighted by atomic mass is 10.0. The molecule has 24 heavy (non-hydrogen) atoms. The van der Waals surface area contributed by atoms with Gasteiger partial charge in [0.1, 0.15) is 6.61 Å². The van der Waals surface area contributed by atoms with Crippen molar-refractivity contribution in [1.29, 1.82) is 0 Å². The Kier molecular flexibility index (Phi) is 7.60. The Morgan fingerprint density at radius 3 is 2.62 bits per heavy atom. The summed E-state index contributed by atoms with van der Waals surface area (Å²) >= 11 is 0. The molecule has 0 atom stereocenters. The minimum absolute atomic E-state index is 0.188. The van der Waals surface area contributed by atoms with Crippen LogP contribution in [0, 0.1) is 0 Å². The zero-order valence-electron chi connectivity index (χ0n) is 14.8.